The number of rotatable bonds is 7. The van der Waals surface area contributed by atoms with Gasteiger partial charge in [0.2, 0.25) is 0 Å². The summed E-state index contributed by atoms with van der Waals surface area (Å²) in [6.45, 7) is 4.85. The fourth-order valence-corrected chi connectivity index (χ4v) is 3.06. The Morgan fingerprint density at radius 3 is 2.34 bits per heavy atom. The van der Waals surface area contributed by atoms with E-state index in [2.05, 4.69) is 5.32 Å². The van der Waals surface area contributed by atoms with Crippen LogP contribution in [0.2, 0.25) is 0 Å². The van der Waals surface area contributed by atoms with Crippen molar-refractivity contribution in [1.82, 2.24) is 0 Å². The molecule has 0 aromatic heterocycles. The molecule has 148 valence electrons. The molecular weight excluding hydrogens is 364 g/mol. The first-order chi connectivity index (χ1) is 14.1. The SMILES string of the molecule is CCOc1cccc(C(=O)Nc2ccccc2C(=O)N(CC)c2ccccc2)c1. The van der Waals surface area contributed by atoms with E-state index in [0.717, 1.165) is 5.69 Å². The standard InChI is InChI=1S/C24H24N2O3/c1-3-26(19-12-6-5-7-13-19)24(28)21-15-8-9-16-22(21)25-23(27)18-11-10-14-20(17-18)29-4-2/h5-17H,3-4H2,1-2H3,(H,25,27). The summed E-state index contributed by atoms with van der Waals surface area (Å²) in [7, 11) is 0. The third-order valence-corrected chi connectivity index (χ3v) is 4.44. The van der Waals surface area contributed by atoms with Crippen LogP contribution in [-0.2, 0) is 0 Å². The van der Waals surface area contributed by atoms with Crippen molar-refractivity contribution in [2.75, 3.05) is 23.4 Å². The fourth-order valence-electron chi connectivity index (χ4n) is 3.06. The molecule has 29 heavy (non-hydrogen) atoms. The zero-order valence-corrected chi connectivity index (χ0v) is 16.6. The van der Waals surface area contributed by atoms with E-state index in [1.54, 1.807) is 53.4 Å². The molecule has 0 unspecified atom stereocenters. The van der Waals surface area contributed by atoms with Crippen molar-refractivity contribution in [2.24, 2.45) is 0 Å². The Morgan fingerprint density at radius 2 is 1.62 bits per heavy atom. The molecule has 0 heterocycles. The number of nitrogens with zero attached hydrogens (tertiary/aromatic N) is 1. The van der Waals surface area contributed by atoms with Crippen molar-refractivity contribution in [3.8, 4) is 5.75 Å². The molecule has 0 spiro atoms. The van der Waals surface area contributed by atoms with Crippen LogP contribution in [0, 0.1) is 0 Å². The molecule has 0 saturated carbocycles. The largest absolute Gasteiger partial charge is 0.494 e. The summed E-state index contributed by atoms with van der Waals surface area (Å²) in [5.41, 5.74) is 2.19. The summed E-state index contributed by atoms with van der Waals surface area (Å²) in [5.74, 6) is 0.165. The number of hydrogen-bond donors (Lipinski definition) is 1. The Labute approximate surface area is 170 Å². The Bertz CT molecular complexity index is 986. The van der Waals surface area contributed by atoms with Gasteiger partial charge in [-0.2, -0.15) is 0 Å². The minimum Gasteiger partial charge on any atom is -0.494 e. The Morgan fingerprint density at radius 1 is 0.897 bits per heavy atom. The Kier molecular flexibility index (Phi) is 6.63. The first-order valence-electron chi connectivity index (χ1n) is 9.64. The van der Waals surface area contributed by atoms with Gasteiger partial charge in [0.25, 0.3) is 11.8 Å². The van der Waals surface area contributed by atoms with Gasteiger partial charge in [0.1, 0.15) is 5.75 Å². The lowest BCUT2D eigenvalue weighted by Gasteiger charge is -2.22. The topological polar surface area (TPSA) is 58.6 Å². The minimum atomic E-state index is -0.297. The molecular formula is C24H24N2O3. The number of ether oxygens (including phenoxy) is 1. The molecule has 0 aliphatic rings. The van der Waals surface area contributed by atoms with Crippen LogP contribution in [0.5, 0.6) is 5.75 Å². The van der Waals surface area contributed by atoms with Gasteiger partial charge in [-0.25, -0.2) is 0 Å². The second kappa shape index (κ2) is 9.55. The third-order valence-electron chi connectivity index (χ3n) is 4.44. The number of para-hydroxylation sites is 2. The van der Waals surface area contributed by atoms with Gasteiger partial charge in [-0.15, -0.1) is 0 Å². The number of anilines is 2. The molecule has 0 saturated heterocycles. The van der Waals surface area contributed by atoms with Crippen LogP contribution in [0.15, 0.2) is 78.9 Å². The van der Waals surface area contributed by atoms with Crippen LogP contribution in [0.4, 0.5) is 11.4 Å². The maximum Gasteiger partial charge on any atom is 0.260 e. The van der Waals surface area contributed by atoms with Crippen LogP contribution < -0.4 is 15.0 Å². The highest BCUT2D eigenvalue weighted by atomic mass is 16.5. The maximum atomic E-state index is 13.2. The quantitative estimate of drug-likeness (QED) is 0.619. The van der Waals surface area contributed by atoms with Crippen molar-refractivity contribution < 1.29 is 14.3 Å². The van der Waals surface area contributed by atoms with Gasteiger partial charge in [-0.1, -0.05) is 36.4 Å². The van der Waals surface area contributed by atoms with Gasteiger partial charge < -0.3 is 15.0 Å². The number of nitrogens with one attached hydrogen (secondary N) is 1. The van der Waals surface area contributed by atoms with Gasteiger partial charge in [0, 0.05) is 17.8 Å². The smallest absolute Gasteiger partial charge is 0.260 e. The van der Waals surface area contributed by atoms with E-state index in [0.29, 0.717) is 35.7 Å². The van der Waals surface area contributed by atoms with Crippen LogP contribution in [-0.4, -0.2) is 25.0 Å². The highest BCUT2D eigenvalue weighted by molar-refractivity contribution is 6.13. The highest BCUT2D eigenvalue weighted by Gasteiger charge is 2.20. The summed E-state index contributed by atoms with van der Waals surface area (Å²) in [6.07, 6.45) is 0. The first-order valence-corrected chi connectivity index (χ1v) is 9.64. The minimum absolute atomic E-state index is 0.169. The summed E-state index contributed by atoms with van der Waals surface area (Å²) < 4.78 is 5.46. The van der Waals surface area contributed by atoms with Crippen molar-refractivity contribution in [1.29, 1.82) is 0 Å². The lowest BCUT2D eigenvalue weighted by atomic mass is 10.1. The Hall–Kier alpha value is -3.60. The average molecular weight is 388 g/mol. The van der Waals surface area contributed by atoms with Gasteiger partial charge in [-0.05, 0) is 56.3 Å². The fraction of sp³-hybridized carbons (Fsp3) is 0.167. The molecule has 0 atom stereocenters. The number of carbonyl (C=O) groups is 2. The zero-order valence-electron chi connectivity index (χ0n) is 16.6. The number of hydrogen-bond acceptors (Lipinski definition) is 3. The number of amides is 2. The lowest BCUT2D eigenvalue weighted by Crippen LogP contribution is -2.31. The molecule has 0 aliphatic heterocycles. The molecule has 5 nitrogen and oxygen atoms in total. The second-order valence-electron chi connectivity index (χ2n) is 6.35. The molecule has 2 amide bonds. The predicted molar refractivity (Wildman–Crippen MR) is 116 cm³/mol. The van der Waals surface area contributed by atoms with E-state index in [9.17, 15) is 9.59 Å². The molecule has 0 fully saturated rings. The predicted octanol–water partition coefficient (Wildman–Crippen LogP) is 5.00. The average Bonchev–Trinajstić information content (AvgIpc) is 2.76. The molecule has 3 rings (SSSR count). The monoisotopic (exact) mass is 388 g/mol. The van der Waals surface area contributed by atoms with Crippen LogP contribution >= 0.6 is 0 Å². The molecule has 3 aromatic carbocycles. The van der Waals surface area contributed by atoms with Crippen molar-refractivity contribution in [3.05, 3.63) is 90.0 Å². The molecule has 0 radical (unpaired) electrons. The summed E-state index contributed by atoms with van der Waals surface area (Å²) in [6, 6.07) is 23.5. The van der Waals surface area contributed by atoms with Gasteiger partial charge in [0.05, 0.1) is 17.9 Å². The van der Waals surface area contributed by atoms with Crippen molar-refractivity contribution >= 4 is 23.2 Å². The van der Waals surface area contributed by atoms with E-state index in [4.69, 9.17) is 4.74 Å². The number of carbonyl (C=O) groups excluding carboxylic acids is 2. The van der Waals surface area contributed by atoms with Gasteiger partial charge in [-0.3, -0.25) is 9.59 Å². The van der Waals surface area contributed by atoms with E-state index in [1.165, 1.54) is 0 Å². The van der Waals surface area contributed by atoms with Gasteiger partial charge >= 0.3 is 0 Å². The lowest BCUT2D eigenvalue weighted by molar-refractivity contribution is 0.0989. The zero-order chi connectivity index (χ0) is 20.6. The van der Waals surface area contributed by atoms with Crippen LogP contribution in [0.1, 0.15) is 34.6 Å². The van der Waals surface area contributed by atoms with E-state index >= 15 is 0 Å². The Balaban J connectivity index is 1.86. The van der Waals surface area contributed by atoms with Crippen molar-refractivity contribution in [3.63, 3.8) is 0 Å². The van der Waals surface area contributed by atoms with E-state index in [-0.39, 0.29) is 11.8 Å². The first kappa shape index (κ1) is 20.1. The van der Waals surface area contributed by atoms with E-state index in [1.807, 2.05) is 44.2 Å². The van der Waals surface area contributed by atoms with Gasteiger partial charge in [0.15, 0.2) is 0 Å². The molecule has 0 aliphatic carbocycles. The number of benzene rings is 3. The molecule has 1 N–H and O–H groups in total. The molecule has 5 heteroatoms. The molecule has 0 bridgehead atoms. The third kappa shape index (κ3) is 4.82. The van der Waals surface area contributed by atoms with E-state index < -0.39 is 0 Å². The second-order valence-corrected chi connectivity index (χ2v) is 6.35. The summed E-state index contributed by atoms with van der Waals surface area (Å²) in [4.78, 5) is 27.7. The highest BCUT2D eigenvalue weighted by Crippen LogP contribution is 2.23. The maximum absolute atomic E-state index is 13.2. The van der Waals surface area contributed by atoms with Crippen LogP contribution in [0.3, 0.4) is 0 Å². The van der Waals surface area contributed by atoms with Crippen LogP contribution in [0.25, 0.3) is 0 Å². The summed E-state index contributed by atoms with van der Waals surface area (Å²) >= 11 is 0. The molecule has 3 aromatic rings. The normalized spacial score (nSPS) is 10.3. The van der Waals surface area contributed by atoms with Crippen molar-refractivity contribution in [2.45, 2.75) is 13.8 Å². The summed E-state index contributed by atoms with van der Waals surface area (Å²) in [5, 5.41) is 2.87.